The van der Waals surface area contributed by atoms with E-state index in [-0.39, 0.29) is 5.41 Å². The maximum atomic E-state index is 6.08. The first-order valence-corrected chi connectivity index (χ1v) is 18.1. The molecule has 0 atom stereocenters. The van der Waals surface area contributed by atoms with Gasteiger partial charge in [0.1, 0.15) is 0 Å². The van der Waals surface area contributed by atoms with Gasteiger partial charge in [-0.05, 0) is 0 Å². The van der Waals surface area contributed by atoms with Crippen LogP contribution in [0.25, 0.3) is 21.8 Å². The van der Waals surface area contributed by atoms with Crippen LogP contribution in [0.3, 0.4) is 0 Å². The average Bonchev–Trinajstić information content (AvgIpc) is 3.02. The van der Waals surface area contributed by atoms with Crippen LogP contribution in [0.2, 0.25) is 0 Å². The van der Waals surface area contributed by atoms with Gasteiger partial charge in [-0.3, -0.25) is 0 Å². The van der Waals surface area contributed by atoms with E-state index in [1.807, 2.05) is 86.6 Å². The Balaban J connectivity index is 1.04. The number of rotatable bonds is 10. The fourth-order valence-electron chi connectivity index (χ4n) is 4.95. The number of aryl methyl sites for hydroxylation is 2. The summed E-state index contributed by atoms with van der Waals surface area (Å²) in [4.78, 5) is 9.29. The summed E-state index contributed by atoms with van der Waals surface area (Å²) in [5, 5.41) is 2.13. The van der Waals surface area contributed by atoms with Crippen LogP contribution in [0, 0.1) is 13.8 Å². The van der Waals surface area contributed by atoms with Gasteiger partial charge in [0.25, 0.3) is 0 Å². The van der Waals surface area contributed by atoms with Crippen molar-refractivity contribution in [2.45, 2.75) is 33.1 Å². The van der Waals surface area contributed by atoms with Crippen LogP contribution in [0.5, 0.6) is 23.0 Å². The predicted octanol–water partition coefficient (Wildman–Crippen LogP) is 7.71. The number of benzene rings is 4. The molecule has 2 radical (unpaired) electrons. The summed E-state index contributed by atoms with van der Waals surface area (Å²) in [6, 6.07) is 36.7. The van der Waals surface area contributed by atoms with E-state index in [0.29, 0.717) is 0 Å². The van der Waals surface area contributed by atoms with Gasteiger partial charge in [0, 0.05) is 0 Å². The van der Waals surface area contributed by atoms with Gasteiger partial charge >= 0.3 is 270 Å². The zero-order chi connectivity index (χ0) is 29.8. The summed E-state index contributed by atoms with van der Waals surface area (Å²) >= 11 is -2.92. The second kappa shape index (κ2) is 12.8. The molecule has 0 aliphatic rings. The number of fused-ring (bicyclic) bond motifs is 2. The summed E-state index contributed by atoms with van der Waals surface area (Å²) in [7, 11) is 0. The molecule has 2 heterocycles. The number of aromatic nitrogens is 2. The summed E-state index contributed by atoms with van der Waals surface area (Å²) < 4.78 is 24.3. The standard InChI is InChI=1S/C15H16O2.2C10H9NO.2Ga/c1-15(2,11-3-7-13(16)8-4-11)12-5-9-14(17)10-6-12;2*1-7-5-6-8-3-2-4-9(12)10(8)11-7;;/h3-10,16-17H,1-2H3;2*2-6,12H,1H3;;/q;;;2*+2/p-4. The minimum atomic E-state index is -1.46. The molecule has 8 heteroatoms. The van der Waals surface area contributed by atoms with Gasteiger partial charge in [-0.15, -0.1) is 0 Å². The van der Waals surface area contributed by atoms with E-state index in [4.69, 9.17) is 14.1 Å². The van der Waals surface area contributed by atoms with Crippen molar-refractivity contribution in [3.05, 3.63) is 132 Å². The Morgan fingerprint density at radius 2 is 0.907 bits per heavy atom. The fourth-order valence-corrected chi connectivity index (χ4v) is 7.52. The maximum absolute atomic E-state index is 6.08. The Morgan fingerprint density at radius 3 is 1.33 bits per heavy atom. The van der Waals surface area contributed by atoms with E-state index in [0.717, 1.165) is 56.2 Å². The molecule has 0 saturated heterocycles. The third-order valence-corrected chi connectivity index (χ3v) is 10.5. The molecule has 210 valence electrons. The van der Waals surface area contributed by atoms with Crippen molar-refractivity contribution in [2.24, 2.45) is 0 Å². The SMILES string of the molecule is Cc1ccc2cccc([O][Ga][O]c3ccc(C(C)(C)c4ccc([O][Ga][O]c5cccc6ccc(C)nc56)cc4)cc3)c2n1. The molecule has 2 aromatic heterocycles. The molecule has 0 N–H and O–H groups in total. The summed E-state index contributed by atoms with van der Waals surface area (Å²) in [5.41, 5.74) is 5.90. The fraction of sp³-hybridized carbons (Fsp3) is 0.143. The molecule has 0 fully saturated rings. The first-order chi connectivity index (χ1) is 20.9. The summed E-state index contributed by atoms with van der Waals surface area (Å²) in [5.74, 6) is 3.19. The molecule has 6 aromatic rings. The van der Waals surface area contributed by atoms with Crippen molar-refractivity contribution in [1.29, 1.82) is 0 Å². The first-order valence-electron chi connectivity index (χ1n) is 14.1. The van der Waals surface area contributed by atoms with Gasteiger partial charge in [0.15, 0.2) is 0 Å². The third-order valence-electron chi connectivity index (χ3n) is 7.52. The van der Waals surface area contributed by atoms with Crippen LogP contribution in [-0.4, -0.2) is 46.2 Å². The van der Waals surface area contributed by atoms with E-state index in [9.17, 15) is 0 Å². The molecule has 0 bridgehead atoms. The quantitative estimate of drug-likeness (QED) is 0.138. The minimum absolute atomic E-state index is 0.194. The Kier molecular flexibility index (Phi) is 8.71. The predicted molar refractivity (Wildman–Crippen MR) is 172 cm³/mol. The Bertz CT molecular complexity index is 1740. The summed E-state index contributed by atoms with van der Waals surface area (Å²) in [6.45, 7) is 8.42. The Hall–Kier alpha value is -3.83. The molecule has 6 rings (SSSR count). The van der Waals surface area contributed by atoms with Crippen molar-refractivity contribution >= 4 is 58.1 Å². The molecule has 6 nitrogen and oxygen atoms in total. The van der Waals surface area contributed by atoms with Crippen LogP contribution in [0.15, 0.2) is 109 Å². The van der Waals surface area contributed by atoms with E-state index in [1.54, 1.807) is 0 Å². The second-order valence-electron chi connectivity index (χ2n) is 10.9. The molecule has 0 amide bonds. The Morgan fingerprint density at radius 1 is 0.488 bits per heavy atom. The van der Waals surface area contributed by atoms with Crippen LogP contribution >= 0.6 is 0 Å². The zero-order valence-corrected chi connectivity index (χ0v) is 29.4. The van der Waals surface area contributed by atoms with Gasteiger partial charge in [-0.25, -0.2) is 0 Å². The first kappa shape index (κ1) is 29.3. The van der Waals surface area contributed by atoms with E-state index in [2.05, 4.69) is 60.2 Å². The molecule has 0 aliphatic carbocycles. The van der Waals surface area contributed by atoms with Crippen LogP contribution in [-0.2, 0) is 5.41 Å². The molecule has 0 saturated carbocycles. The molecule has 4 aromatic carbocycles. The van der Waals surface area contributed by atoms with E-state index < -0.39 is 36.3 Å². The number of hydrogen-bond donors (Lipinski definition) is 0. The van der Waals surface area contributed by atoms with Crippen molar-refractivity contribution in [1.82, 2.24) is 9.97 Å². The molecule has 0 unspecified atom stereocenters. The van der Waals surface area contributed by atoms with E-state index >= 15 is 0 Å². The van der Waals surface area contributed by atoms with Crippen molar-refractivity contribution in [3.63, 3.8) is 0 Å². The van der Waals surface area contributed by atoms with Gasteiger partial charge in [-0.2, -0.15) is 0 Å². The molecule has 0 spiro atoms. The number of nitrogens with zero attached hydrogens (tertiary/aromatic N) is 2. The van der Waals surface area contributed by atoms with Crippen molar-refractivity contribution in [3.8, 4) is 23.0 Å². The molecular weight excluding hydrogens is 652 g/mol. The van der Waals surface area contributed by atoms with Crippen molar-refractivity contribution < 1.29 is 14.1 Å². The molecule has 0 aliphatic heterocycles. The monoisotopic (exact) mass is 680 g/mol. The zero-order valence-electron chi connectivity index (χ0n) is 24.6. The average molecular weight is 682 g/mol. The normalized spacial score (nSPS) is 11.3. The summed E-state index contributed by atoms with van der Waals surface area (Å²) in [6.07, 6.45) is 0. The van der Waals surface area contributed by atoms with Crippen LogP contribution in [0.4, 0.5) is 0 Å². The van der Waals surface area contributed by atoms with Gasteiger partial charge in [-0.1, -0.05) is 0 Å². The van der Waals surface area contributed by atoms with Crippen LogP contribution < -0.4 is 14.1 Å². The van der Waals surface area contributed by atoms with Gasteiger partial charge < -0.3 is 0 Å². The van der Waals surface area contributed by atoms with Gasteiger partial charge in [0.05, 0.1) is 0 Å². The number of pyridine rings is 2. The molecular formula is C35H30Ga2N2O4. The van der Waals surface area contributed by atoms with Crippen molar-refractivity contribution in [2.75, 3.05) is 0 Å². The Labute approximate surface area is 268 Å². The van der Waals surface area contributed by atoms with E-state index in [1.165, 1.54) is 11.1 Å². The number of para-hydroxylation sites is 2. The second-order valence-corrected chi connectivity index (χ2v) is 13.7. The molecule has 43 heavy (non-hydrogen) atoms. The van der Waals surface area contributed by atoms with Gasteiger partial charge in [0.2, 0.25) is 0 Å². The van der Waals surface area contributed by atoms with Crippen LogP contribution in [0.1, 0.15) is 36.4 Å². The third kappa shape index (κ3) is 6.73. The topological polar surface area (TPSA) is 62.7 Å². The number of hydrogen-bond acceptors (Lipinski definition) is 6.